The van der Waals surface area contributed by atoms with E-state index in [1.165, 1.54) is 5.69 Å². The van der Waals surface area contributed by atoms with E-state index in [1.807, 2.05) is 19.2 Å². The fourth-order valence-electron chi connectivity index (χ4n) is 3.11. The molecule has 1 aromatic carbocycles. The molecule has 1 N–H and O–H groups in total. The minimum absolute atomic E-state index is 0.0651. The molecule has 118 valence electrons. The molecule has 5 heteroatoms. The van der Waals surface area contributed by atoms with Gasteiger partial charge in [0.25, 0.3) is 5.91 Å². The number of H-pyrrole nitrogens is 1. The van der Waals surface area contributed by atoms with Crippen molar-refractivity contribution in [2.75, 3.05) is 31.6 Å². The minimum atomic E-state index is -0.0651. The lowest BCUT2D eigenvalue weighted by Gasteiger charge is -2.22. The van der Waals surface area contributed by atoms with E-state index in [9.17, 15) is 4.79 Å². The van der Waals surface area contributed by atoms with Crippen LogP contribution in [0.15, 0.2) is 42.6 Å². The molecule has 2 aromatic rings. The highest BCUT2D eigenvalue weighted by Gasteiger charge is 2.25. The van der Waals surface area contributed by atoms with Crippen LogP contribution in [0.4, 0.5) is 5.69 Å². The zero-order valence-corrected chi connectivity index (χ0v) is 13.2. The van der Waals surface area contributed by atoms with Crippen molar-refractivity contribution in [3.8, 4) is 6.07 Å². The lowest BCUT2D eigenvalue weighted by molar-refractivity contribution is 0.0771. The second-order valence-electron chi connectivity index (χ2n) is 6.04. The van der Waals surface area contributed by atoms with Crippen LogP contribution < -0.4 is 4.90 Å². The van der Waals surface area contributed by atoms with Crippen molar-refractivity contribution in [2.45, 2.75) is 6.42 Å². The molecule has 3 rings (SSSR count). The van der Waals surface area contributed by atoms with Crippen LogP contribution in [-0.2, 0) is 0 Å². The molecule has 0 spiro atoms. The third-order valence-corrected chi connectivity index (χ3v) is 4.33. The van der Waals surface area contributed by atoms with E-state index in [4.69, 9.17) is 5.26 Å². The molecule has 23 heavy (non-hydrogen) atoms. The van der Waals surface area contributed by atoms with Gasteiger partial charge in [0.15, 0.2) is 0 Å². The third kappa shape index (κ3) is 3.37. The van der Waals surface area contributed by atoms with E-state index < -0.39 is 0 Å². The number of amides is 1. The standard InChI is InChI=1S/C18H20N4O/c1-21(18(23)17-9-15(10-19)11-20-17)12-14-7-8-22(13-14)16-5-3-2-4-6-16/h2-6,9,11,14,20H,7-8,12-13H2,1H3. The number of nitriles is 1. The summed E-state index contributed by atoms with van der Waals surface area (Å²) in [6.07, 6.45) is 2.65. The number of aromatic amines is 1. The smallest absolute Gasteiger partial charge is 0.270 e. The van der Waals surface area contributed by atoms with Gasteiger partial charge >= 0.3 is 0 Å². The van der Waals surface area contributed by atoms with Crippen LogP contribution in [-0.4, -0.2) is 42.5 Å². The van der Waals surface area contributed by atoms with Gasteiger partial charge in [-0.15, -0.1) is 0 Å². The number of hydrogen-bond donors (Lipinski definition) is 1. The SMILES string of the molecule is CN(CC1CCN(c2ccccc2)C1)C(=O)c1cc(C#N)c[nH]1. The maximum atomic E-state index is 12.4. The summed E-state index contributed by atoms with van der Waals surface area (Å²) in [5.41, 5.74) is 2.20. The first-order chi connectivity index (χ1) is 11.2. The van der Waals surface area contributed by atoms with Gasteiger partial charge in [0.2, 0.25) is 0 Å². The van der Waals surface area contributed by atoms with Crippen molar-refractivity contribution < 1.29 is 4.79 Å². The number of benzene rings is 1. The third-order valence-electron chi connectivity index (χ3n) is 4.33. The van der Waals surface area contributed by atoms with Gasteiger partial charge in [-0.3, -0.25) is 4.79 Å². The van der Waals surface area contributed by atoms with Crippen molar-refractivity contribution in [3.05, 3.63) is 53.9 Å². The first-order valence-electron chi connectivity index (χ1n) is 7.81. The number of carbonyl (C=O) groups is 1. The Hall–Kier alpha value is -2.74. The highest BCUT2D eigenvalue weighted by molar-refractivity contribution is 5.92. The van der Waals surface area contributed by atoms with Gasteiger partial charge < -0.3 is 14.8 Å². The summed E-state index contributed by atoms with van der Waals surface area (Å²) in [5, 5.41) is 8.84. The number of hydrogen-bond acceptors (Lipinski definition) is 3. The van der Waals surface area contributed by atoms with Gasteiger partial charge in [0, 0.05) is 38.6 Å². The second kappa shape index (κ2) is 6.57. The number of carbonyl (C=O) groups excluding carboxylic acids is 1. The van der Waals surface area contributed by atoms with Gasteiger partial charge in [0.05, 0.1) is 5.56 Å². The molecule has 1 fully saturated rings. The van der Waals surface area contributed by atoms with E-state index in [-0.39, 0.29) is 5.91 Å². The van der Waals surface area contributed by atoms with Gasteiger partial charge in [-0.1, -0.05) is 18.2 Å². The molecule has 5 nitrogen and oxygen atoms in total. The van der Waals surface area contributed by atoms with E-state index in [1.54, 1.807) is 17.2 Å². The Kier molecular flexibility index (Phi) is 4.33. The maximum absolute atomic E-state index is 12.4. The lowest BCUT2D eigenvalue weighted by Crippen LogP contribution is -2.33. The Morgan fingerprint density at radius 1 is 1.43 bits per heavy atom. The molecule has 0 bridgehead atoms. The summed E-state index contributed by atoms with van der Waals surface area (Å²) in [6.45, 7) is 2.72. The Balaban J connectivity index is 1.57. The van der Waals surface area contributed by atoms with E-state index in [2.05, 4.69) is 34.1 Å². The number of anilines is 1. The topological polar surface area (TPSA) is 63.1 Å². The van der Waals surface area contributed by atoms with Gasteiger partial charge in [-0.05, 0) is 30.5 Å². The molecule has 0 saturated carbocycles. The van der Waals surface area contributed by atoms with Crippen molar-refractivity contribution in [1.29, 1.82) is 5.26 Å². The zero-order chi connectivity index (χ0) is 16.2. The molecule has 1 amide bonds. The van der Waals surface area contributed by atoms with Crippen LogP contribution in [0, 0.1) is 17.2 Å². The van der Waals surface area contributed by atoms with Crippen LogP contribution in [0.1, 0.15) is 22.5 Å². The van der Waals surface area contributed by atoms with E-state index in [0.717, 1.165) is 26.1 Å². The van der Waals surface area contributed by atoms with Gasteiger partial charge in [-0.25, -0.2) is 0 Å². The molecule has 1 unspecified atom stereocenters. The molecule has 1 aromatic heterocycles. The number of aromatic nitrogens is 1. The fraction of sp³-hybridized carbons (Fsp3) is 0.333. The van der Waals surface area contributed by atoms with Crippen LogP contribution in [0.5, 0.6) is 0 Å². The summed E-state index contributed by atoms with van der Waals surface area (Å²) in [5.74, 6) is 0.402. The Labute approximate surface area is 136 Å². The fourth-order valence-corrected chi connectivity index (χ4v) is 3.11. The van der Waals surface area contributed by atoms with Crippen molar-refractivity contribution in [2.24, 2.45) is 5.92 Å². The molecule has 1 saturated heterocycles. The molecule has 2 heterocycles. The molecule has 1 aliphatic rings. The largest absolute Gasteiger partial charge is 0.371 e. The maximum Gasteiger partial charge on any atom is 0.270 e. The predicted molar refractivity (Wildman–Crippen MR) is 89.2 cm³/mol. The molecular weight excluding hydrogens is 288 g/mol. The second-order valence-corrected chi connectivity index (χ2v) is 6.04. The highest BCUT2D eigenvalue weighted by atomic mass is 16.2. The van der Waals surface area contributed by atoms with Gasteiger partial charge in [0.1, 0.15) is 11.8 Å². The van der Waals surface area contributed by atoms with Crippen LogP contribution in [0.25, 0.3) is 0 Å². The Morgan fingerprint density at radius 2 is 2.22 bits per heavy atom. The van der Waals surface area contributed by atoms with Gasteiger partial charge in [-0.2, -0.15) is 5.26 Å². The summed E-state index contributed by atoms with van der Waals surface area (Å²) in [7, 11) is 1.82. The number of para-hydroxylation sites is 1. The first kappa shape index (κ1) is 15.2. The summed E-state index contributed by atoms with van der Waals surface area (Å²) in [4.78, 5) is 19.4. The Morgan fingerprint density at radius 3 is 2.91 bits per heavy atom. The molecular formula is C18H20N4O. The predicted octanol–water partition coefficient (Wildman–Crippen LogP) is 2.48. The number of nitrogens with zero attached hydrogens (tertiary/aromatic N) is 3. The summed E-state index contributed by atoms with van der Waals surface area (Å²) in [6, 6.07) is 14.0. The lowest BCUT2D eigenvalue weighted by atomic mass is 10.1. The van der Waals surface area contributed by atoms with Crippen LogP contribution >= 0.6 is 0 Å². The average Bonchev–Trinajstić information content (AvgIpc) is 3.24. The quantitative estimate of drug-likeness (QED) is 0.944. The molecule has 1 aliphatic heterocycles. The number of rotatable bonds is 4. The average molecular weight is 308 g/mol. The minimum Gasteiger partial charge on any atom is -0.371 e. The Bertz CT molecular complexity index is 716. The molecule has 0 aliphatic carbocycles. The monoisotopic (exact) mass is 308 g/mol. The summed E-state index contributed by atoms with van der Waals surface area (Å²) < 4.78 is 0. The van der Waals surface area contributed by atoms with Crippen molar-refractivity contribution in [1.82, 2.24) is 9.88 Å². The van der Waals surface area contributed by atoms with E-state index in [0.29, 0.717) is 17.2 Å². The number of nitrogens with one attached hydrogen (secondary N) is 1. The normalized spacial score (nSPS) is 17.0. The van der Waals surface area contributed by atoms with E-state index >= 15 is 0 Å². The zero-order valence-electron chi connectivity index (χ0n) is 13.2. The van der Waals surface area contributed by atoms with Crippen molar-refractivity contribution in [3.63, 3.8) is 0 Å². The first-order valence-corrected chi connectivity index (χ1v) is 7.81. The highest BCUT2D eigenvalue weighted by Crippen LogP contribution is 2.24. The molecule has 1 atom stereocenters. The summed E-state index contributed by atoms with van der Waals surface area (Å²) >= 11 is 0. The molecule has 0 radical (unpaired) electrons. The van der Waals surface area contributed by atoms with Crippen molar-refractivity contribution >= 4 is 11.6 Å². The van der Waals surface area contributed by atoms with Crippen LogP contribution in [0.2, 0.25) is 0 Å². The van der Waals surface area contributed by atoms with Crippen LogP contribution in [0.3, 0.4) is 0 Å².